The van der Waals surface area contributed by atoms with Crippen LogP contribution in [0, 0.1) is 22.7 Å². The molecule has 2 heteroatoms. The van der Waals surface area contributed by atoms with Crippen LogP contribution in [0.4, 0.5) is 0 Å². The zero-order valence-electron chi connectivity index (χ0n) is 10.1. The van der Waals surface area contributed by atoms with Crippen LogP contribution in [0.5, 0.6) is 0 Å². The summed E-state index contributed by atoms with van der Waals surface area (Å²) < 4.78 is 0. The molecule has 2 aliphatic rings. The fraction of sp³-hybridized carbons (Fsp3) is 0.533. The molecule has 1 atom stereocenters. The van der Waals surface area contributed by atoms with Crippen molar-refractivity contribution in [2.24, 2.45) is 11.3 Å². The van der Waals surface area contributed by atoms with Gasteiger partial charge in [0.2, 0.25) is 0 Å². The number of nitriles is 1. The average Bonchev–Trinajstić information content (AvgIpc) is 3.14. The van der Waals surface area contributed by atoms with E-state index >= 15 is 0 Å². The van der Waals surface area contributed by atoms with Gasteiger partial charge in [0.15, 0.2) is 0 Å². The van der Waals surface area contributed by atoms with Crippen LogP contribution in [-0.2, 0) is 6.54 Å². The number of benzene rings is 1. The van der Waals surface area contributed by atoms with Crippen LogP contribution in [0.15, 0.2) is 30.3 Å². The monoisotopic (exact) mass is 226 g/mol. The van der Waals surface area contributed by atoms with E-state index in [1.807, 2.05) is 0 Å². The summed E-state index contributed by atoms with van der Waals surface area (Å²) in [5, 5.41) is 9.43. The summed E-state index contributed by atoms with van der Waals surface area (Å²) in [4.78, 5) is 2.44. The van der Waals surface area contributed by atoms with Gasteiger partial charge in [-0.15, -0.1) is 0 Å². The Balaban J connectivity index is 1.66. The Morgan fingerprint density at radius 3 is 2.71 bits per heavy atom. The van der Waals surface area contributed by atoms with E-state index in [0.717, 1.165) is 26.1 Å². The van der Waals surface area contributed by atoms with Gasteiger partial charge in [0.1, 0.15) is 0 Å². The molecule has 1 aromatic rings. The van der Waals surface area contributed by atoms with E-state index in [1.165, 1.54) is 18.4 Å². The molecule has 1 aliphatic carbocycles. The van der Waals surface area contributed by atoms with E-state index in [9.17, 15) is 5.26 Å². The van der Waals surface area contributed by atoms with Crippen molar-refractivity contribution in [1.29, 1.82) is 5.26 Å². The summed E-state index contributed by atoms with van der Waals surface area (Å²) in [6, 6.07) is 13.2. The van der Waals surface area contributed by atoms with Gasteiger partial charge in [0.05, 0.1) is 11.5 Å². The third kappa shape index (κ3) is 2.08. The maximum absolute atomic E-state index is 9.43. The van der Waals surface area contributed by atoms with Gasteiger partial charge in [-0.05, 0) is 30.7 Å². The highest BCUT2D eigenvalue weighted by Gasteiger charge is 2.49. The Bertz CT molecular complexity index is 430. The van der Waals surface area contributed by atoms with Crippen LogP contribution >= 0.6 is 0 Å². The minimum atomic E-state index is -0.0191. The summed E-state index contributed by atoms with van der Waals surface area (Å²) in [5.41, 5.74) is 1.34. The average molecular weight is 226 g/mol. The van der Waals surface area contributed by atoms with Crippen molar-refractivity contribution in [1.82, 2.24) is 4.90 Å². The second-order valence-corrected chi connectivity index (χ2v) is 5.49. The van der Waals surface area contributed by atoms with E-state index in [0.29, 0.717) is 5.92 Å². The lowest BCUT2D eigenvalue weighted by Crippen LogP contribution is -2.27. The van der Waals surface area contributed by atoms with Crippen molar-refractivity contribution in [2.75, 3.05) is 13.1 Å². The first kappa shape index (κ1) is 10.8. The summed E-state index contributed by atoms with van der Waals surface area (Å²) in [6.45, 7) is 3.05. The third-order valence-electron chi connectivity index (χ3n) is 4.21. The second kappa shape index (κ2) is 4.16. The normalized spacial score (nSPS) is 29.1. The molecule has 1 aromatic carbocycles. The molecule has 0 bridgehead atoms. The molecule has 2 nitrogen and oxygen atoms in total. The molecule has 0 amide bonds. The van der Waals surface area contributed by atoms with Gasteiger partial charge in [0.25, 0.3) is 0 Å². The van der Waals surface area contributed by atoms with Crippen molar-refractivity contribution in [3.8, 4) is 6.07 Å². The SMILES string of the molecule is N#C[C@@]1(C2CC2)CCN(Cc2ccccc2)C1. The van der Waals surface area contributed by atoms with Crippen LogP contribution in [0.25, 0.3) is 0 Å². The van der Waals surface area contributed by atoms with Gasteiger partial charge in [0, 0.05) is 19.6 Å². The highest BCUT2D eigenvalue weighted by molar-refractivity contribution is 5.17. The van der Waals surface area contributed by atoms with Crippen molar-refractivity contribution in [3.05, 3.63) is 35.9 Å². The molecule has 3 rings (SSSR count). The Morgan fingerprint density at radius 1 is 1.29 bits per heavy atom. The maximum Gasteiger partial charge on any atom is 0.0741 e. The quantitative estimate of drug-likeness (QED) is 0.792. The molecule has 0 spiro atoms. The lowest BCUT2D eigenvalue weighted by atomic mass is 9.83. The van der Waals surface area contributed by atoms with Gasteiger partial charge in [-0.2, -0.15) is 5.26 Å². The molecule has 1 saturated carbocycles. The molecular formula is C15H18N2. The Hall–Kier alpha value is -1.33. The molecule has 0 unspecified atom stereocenters. The molecule has 1 saturated heterocycles. The van der Waals surface area contributed by atoms with Gasteiger partial charge >= 0.3 is 0 Å². The zero-order valence-corrected chi connectivity index (χ0v) is 10.1. The molecule has 0 aromatic heterocycles. The van der Waals surface area contributed by atoms with Crippen LogP contribution in [0.3, 0.4) is 0 Å². The fourth-order valence-electron chi connectivity index (χ4n) is 3.04. The van der Waals surface area contributed by atoms with Crippen LogP contribution < -0.4 is 0 Å². The van der Waals surface area contributed by atoms with Crippen molar-refractivity contribution < 1.29 is 0 Å². The Kier molecular flexibility index (Phi) is 2.64. The highest BCUT2D eigenvalue weighted by atomic mass is 15.2. The zero-order chi connectivity index (χ0) is 11.7. The maximum atomic E-state index is 9.43. The summed E-state index contributed by atoms with van der Waals surface area (Å²) >= 11 is 0. The van der Waals surface area contributed by atoms with E-state index in [4.69, 9.17) is 0 Å². The standard InChI is InChI=1S/C15H18N2/c16-11-15(14-6-7-14)8-9-17(12-15)10-13-4-2-1-3-5-13/h1-5,14H,6-10,12H2/t15-/m0/s1. The predicted molar refractivity (Wildman–Crippen MR) is 67.1 cm³/mol. The molecule has 0 radical (unpaired) electrons. The largest absolute Gasteiger partial charge is 0.297 e. The molecule has 88 valence electrons. The highest BCUT2D eigenvalue weighted by Crippen LogP contribution is 2.50. The van der Waals surface area contributed by atoms with Gasteiger partial charge in [-0.25, -0.2) is 0 Å². The van der Waals surface area contributed by atoms with Crippen LogP contribution in [-0.4, -0.2) is 18.0 Å². The van der Waals surface area contributed by atoms with E-state index in [2.05, 4.69) is 41.3 Å². The van der Waals surface area contributed by atoms with Gasteiger partial charge in [-0.1, -0.05) is 30.3 Å². The summed E-state index contributed by atoms with van der Waals surface area (Å²) in [5.74, 6) is 0.688. The van der Waals surface area contributed by atoms with Crippen LogP contribution in [0.2, 0.25) is 0 Å². The van der Waals surface area contributed by atoms with Crippen LogP contribution in [0.1, 0.15) is 24.8 Å². The van der Waals surface area contributed by atoms with Crippen molar-refractivity contribution >= 4 is 0 Å². The molecule has 1 aliphatic heterocycles. The molecule has 0 N–H and O–H groups in total. The smallest absolute Gasteiger partial charge is 0.0741 e. The first-order chi connectivity index (χ1) is 8.32. The topological polar surface area (TPSA) is 27.0 Å². The first-order valence-corrected chi connectivity index (χ1v) is 6.50. The molecule has 17 heavy (non-hydrogen) atoms. The number of hydrogen-bond acceptors (Lipinski definition) is 2. The number of hydrogen-bond donors (Lipinski definition) is 0. The summed E-state index contributed by atoms with van der Waals surface area (Å²) in [7, 11) is 0. The number of likely N-dealkylation sites (tertiary alicyclic amines) is 1. The number of nitrogens with zero attached hydrogens (tertiary/aromatic N) is 2. The van der Waals surface area contributed by atoms with E-state index in [-0.39, 0.29) is 5.41 Å². The minimum absolute atomic E-state index is 0.0191. The van der Waals surface area contributed by atoms with Crippen molar-refractivity contribution in [3.63, 3.8) is 0 Å². The summed E-state index contributed by atoms with van der Waals surface area (Å²) in [6.07, 6.45) is 3.61. The minimum Gasteiger partial charge on any atom is -0.297 e. The molecular weight excluding hydrogens is 208 g/mol. The van der Waals surface area contributed by atoms with E-state index in [1.54, 1.807) is 0 Å². The predicted octanol–water partition coefficient (Wildman–Crippen LogP) is 2.81. The first-order valence-electron chi connectivity index (χ1n) is 6.50. The number of rotatable bonds is 3. The third-order valence-corrected chi connectivity index (χ3v) is 4.21. The van der Waals surface area contributed by atoms with Gasteiger partial charge < -0.3 is 0 Å². The Labute approximate surface area is 103 Å². The van der Waals surface area contributed by atoms with Gasteiger partial charge in [-0.3, -0.25) is 4.90 Å². The molecule has 2 fully saturated rings. The lowest BCUT2D eigenvalue weighted by Gasteiger charge is -2.21. The molecule has 1 heterocycles. The Morgan fingerprint density at radius 2 is 2.06 bits per heavy atom. The lowest BCUT2D eigenvalue weighted by molar-refractivity contribution is 0.276. The fourth-order valence-corrected chi connectivity index (χ4v) is 3.04. The second-order valence-electron chi connectivity index (χ2n) is 5.49. The van der Waals surface area contributed by atoms with Crippen molar-refractivity contribution in [2.45, 2.75) is 25.8 Å². The van der Waals surface area contributed by atoms with E-state index < -0.39 is 0 Å².